The highest BCUT2D eigenvalue weighted by atomic mass is 16.5. The lowest BCUT2D eigenvalue weighted by Crippen LogP contribution is -2.50. The van der Waals surface area contributed by atoms with Crippen LogP contribution in [0.15, 0.2) is 0 Å². The van der Waals surface area contributed by atoms with Crippen molar-refractivity contribution in [1.82, 2.24) is 9.80 Å². The maximum Gasteiger partial charge on any atom is 0.0828 e. The van der Waals surface area contributed by atoms with Crippen LogP contribution in [0.1, 0.15) is 12.8 Å². The van der Waals surface area contributed by atoms with E-state index in [1.54, 1.807) is 0 Å². The van der Waals surface area contributed by atoms with Crippen LogP contribution in [0, 0.1) is 5.92 Å². The second-order valence-electron chi connectivity index (χ2n) is 4.92. The number of hydrogen-bond donors (Lipinski definition) is 0. The topological polar surface area (TPSA) is 15.7 Å². The van der Waals surface area contributed by atoms with Gasteiger partial charge < -0.3 is 14.5 Å². The summed E-state index contributed by atoms with van der Waals surface area (Å²) in [5.41, 5.74) is 0. The fourth-order valence-corrected chi connectivity index (χ4v) is 2.25. The minimum absolute atomic E-state index is 0.527. The average molecular weight is 198 g/mol. The third-order valence-electron chi connectivity index (χ3n) is 3.44. The Morgan fingerprint density at radius 3 is 2.29 bits per heavy atom. The molecular weight excluding hydrogens is 176 g/mol. The molecule has 2 rings (SSSR count). The van der Waals surface area contributed by atoms with Crippen molar-refractivity contribution in [2.24, 2.45) is 5.92 Å². The summed E-state index contributed by atoms with van der Waals surface area (Å²) >= 11 is 0. The van der Waals surface area contributed by atoms with Gasteiger partial charge in [0.05, 0.1) is 6.10 Å². The Morgan fingerprint density at radius 2 is 1.71 bits per heavy atom. The first-order valence-corrected chi connectivity index (χ1v) is 5.72. The highest BCUT2D eigenvalue weighted by Gasteiger charge is 2.25. The van der Waals surface area contributed by atoms with Gasteiger partial charge in [-0.2, -0.15) is 0 Å². The van der Waals surface area contributed by atoms with Gasteiger partial charge in [-0.05, 0) is 45.9 Å². The predicted octanol–water partition coefficient (Wildman–Crippen LogP) is 0.659. The van der Waals surface area contributed by atoms with Crippen LogP contribution in [0.3, 0.4) is 0 Å². The number of hydrogen-bond acceptors (Lipinski definition) is 3. The molecule has 2 aliphatic heterocycles. The fourth-order valence-electron chi connectivity index (χ4n) is 2.25. The van der Waals surface area contributed by atoms with Crippen molar-refractivity contribution in [3.05, 3.63) is 0 Å². The first kappa shape index (κ1) is 10.4. The quantitative estimate of drug-likeness (QED) is 0.662. The first-order valence-electron chi connectivity index (χ1n) is 5.72. The Morgan fingerprint density at radius 1 is 1.07 bits per heavy atom. The minimum atomic E-state index is 0.527. The number of ether oxygens (including phenoxy) is 1. The largest absolute Gasteiger partial charge is 0.375 e. The fraction of sp³-hybridized carbons (Fsp3) is 1.00. The van der Waals surface area contributed by atoms with Crippen molar-refractivity contribution < 1.29 is 4.74 Å². The number of nitrogens with zero attached hydrogens (tertiary/aromatic N) is 2. The summed E-state index contributed by atoms with van der Waals surface area (Å²) < 4.78 is 5.86. The van der Waals surface area contributed by atoms with E-state index in [0.717, 1.165) is 25.6 Å². The maximum absolute atomic E-state index is 5.86. The SMILES string of the molecule is CN1CCC(COC2CN(C)C2)CC1. The molecule has 3 nitrogen and oxygen atoms in total. The lowest BCUT2D eigenvalue weighted by Gasteiger charge is -2.37. The monoisotopic (exact) mass is 198 g/mol. The molecule has 0 atom stereocenters. The van der Waals surface area contributed by atoms with E-state index in [9.17, 15) is 0 Å². The van der Waals surface area contributed by atoms with Crippen molar-refractivity contribution in [2.45, 2.75) is 18.9 Å². The van der Waals surface area contributed by atoms with Crippen LogP contribution in [0.2, 0.25) is 0 Å². The van der Waals surface area contributed by atoms with Gasteiger partial charge >= 0.3 is 0 Å². The molecule has 82 valence electrons. The van der Waals surface area contributed by atoms with Crippen LogP contribution >= 0.6 is 0 Å². The van der Waals surface area contributed by atoms with E-state index in [4.69, 9.17) is 4.74 Å². The number of piperidine rings is 1. The summed E-state index contributed by atoms with van der Waals surface area (Å²) in [6.07, 6.45) is 3.16. The molecule has 2 aliphatic rings. The lowest BCUT2D eigenvalue weighted by molar-refractivity contribution is -0.0610. The molecule has 0 aliphatic carbocycles. The molecular formula is C11H22N2O. The van der Waals surface area contributed by atoms with E-state index in [1.807, 2.05) is 0 Å². The molecule has 14 heavy (non-hydrogen) atoms. The van der Waals surface area contributed by atoms with Crippen LogP contribution in [0.4, 0.5) is 0 Å². The van der Waals surface area contributed by atoms with Gasteiger partial charge in [0, 0.05) is 19.7 Å². The van der Waals surface area contributed by atoms with Crippen molar-refractivity contribution in [3.63, 3.8) is 0 Å². The molecule has 2 heterocycles. The molecule has 0 radical (unpaired) electrons. The molecule has 0 amide bonds. The molecule has 0 saturated carbocycles. The molecule has 3 heteroatoms. The van der Waals surface area contributed by atoms with E-state index >= 15 is 0 Å². The third kappa shape index (κ3) is 2.69. The molecule has 2 fully saturated rings. The van der Waals surface area contributed by atoms with Gasteiger partial charge in [-0.15, -0.1) is 0 Å². The Bertz CT molecular complexity index is 172. The molecule has 0 aromatic carbocycles. The van der Waals surface area contributed by atoms with Gasteiger partial charge in [-0.3, -0.25) is 0 Å². The van der Waals surface area contributed by atoms with E-state index < -0.39 is 0 Å². The summed E-state index contributed by atoms with van der Waals surface area (Å²) in [6.45, 7) is 5.75. The normalized spacial score (nSPS) is 27.9. The molecule has 0 N–H and O–H groups in total. The molecule has 0 aromatic heterocycles. The van der Waals surface area contributed by atoms with Crippen LogP contribution in [-0.4, -0.2) is 62.8 Å². The number of likely N-dealkylation sites (tertiary alicyclic amines) is 2. The summed E-state index contributed by atoms with van der Waals surface area (Å²) in [5, 5.41) is 0. The summed E-state index contributed by atoms with van der Waals surface area (Å²) in [4.78, 5) is 4.72. The zero-order valence-electron chi connectivity index (χ0n) is 9.41. The number of likely N-dealkylation sites (N-methyl/N-ethyl adjacent to an activating group) is 1. The average Bonchev–Trinajstić information content (AvgIpc) is 2.13. The Kier molecular flexibility index (Phi) is 3.42. The summed E-state index contributed by atoms with van der Waals surface area (Å²) in [5.74, 6) is 0.817. The van der Waals surface area contributed by atoms with Crippen molar-refractivity contribution in [2.75, 3.05) is 46.9 Å². The van der Waals surface area contributed by atoms with Crippen molar-refractivity contribution in [3.8, 4) is 0 Å². The molecule has 0 aromatic rings. The highest BCUT2D eigenvalue weighted by Crippen LogP contribution is 2.18. The van der Waals surface area contributed by atoms with Gasteiger partial charge in [-0.25, -0.2) is 0 Å². The van der Waals surface area contributed by atoms with Crippen molar-refractivity contribution in [1.29, 1.82) is 0 Å². The third-order valence-corrected chi connectivity index (χ3v) is 3.44. The van der Waals surface area contributed by atoms with Gasteiger partial charge in [0.15, 0.2) is 0 Å². The minimum Gasteiger partial charge on any atom is -0.375 e. The van der Waals surface area contributed by atoms with Crippen LogP contribution in [0.5, 0.6) is 0 Å². The highest BCUT2D eigenvalue weighted by molar-refractivity contribution is 4.78. The lowest BCUT2D eigenvalue weighted by atomic mass is 9.98. The number of rotatable bonds is 3. The zero-order valence-corrected chi connectivity index (χ0v) is 9.41. The molecule has 0 bridgehead atoms. The van der Waals surface area contributed by atoms with E-state index in [0.29, 0.717) is 6.10 Å². The first-order chi connectivity index (χ1) is 6.74. The van der Waals surface area contributed by atoms with Crippen LogP contribution in [0.25, 0.3) is 0 Å². The predicted molar refractivity (Wildman–Crippen MR) is 57.5 cm³/mol. The van der Waals surface area contributed by atoms with E-state index in [-0.39, 0.29) is 0 Å². The van der Waals surface area contributed by atoms with Gasteiger partial charge in [0.1, 0.15) is 0 Å². The van der Waals surface area contributed by atoms with Gasteiger partial charge in [0.25, 0.3) is 0 Å². The smallest absolute Gasteiger partial charge is 0.0828 e. The van der Waals surface area contributed by atoms with Crippen molar-refractivity contribution >= 4 is 0 Å². The van der Waals surface area contributed by atoms with Crippen LogP contribution in [-0.2, 0) is 4.74 Å². The maximum atomic E-state index is 5.86. The van der Waals surface area contributed by atoms with Crippen LogP contribution < -0.4 is 0 Å². The Balaban J connectivity index is 1.57. The van der Waals surface area contributed by atoms with Gasteiger partial charge in [0.2, 0.25) is 0 Å². The standard InChI is InChI=1S/C11H22N2O/c1-12-5-3-10(4-6-12)9-14-11-7-13(2)8-11/h10-11H,3-9H2,1-2H3. The van der Waals surface area contributed by atoms with E-state index in [1.165, 1.54) is 25.9 Å². The summed E-state index contributed by atoms with van der Waals surface area (Å²) in [6, 6.07) is 0. The zero-order chi connectivity index (χ0) is 9.97. The summed E-state index contributed by atoms with van der Waals surface area (Å²) in [7, 11) is 4.35. The second-order valence-corrected chi connectivity index (χ2v) is 4.92. The van der Waals surface area contributed by atoms with E-state index in [2.05, 4.69) is 23.9 Å². The molecule has 0 unspecified atom stereocenters. The molecule has 2 saturated heterocycles. The Hall–Kier alpha value is -0.120. The Labute approximate surface area is 87.0 Å². The second kappa shape index (κ2) is 4.60. The molecule has 0 spiro atoms. The van der Waals surface area contributed by atoms with Gasteiger partial charge in [-0.1, -0.05) is 0 Å².